The molecule has 0 saturated carbocycles. The molecule has 1 aliphatic heterocycles. The molecular formula is C25H28ClN3O2. The summed E-state index contributed by atoms with van der Waals surface area (Å²) in [4.78, 5) is 15.1. The Labute approximate surface area is 188 Å². The Morgan fingerprint density at radius 3 is 2.45 bits per heavy atom. The number of nitrogens with zero attached hydrogens (tertiary/aromatic N) is 2. The summed E-state index contributed by atoms with van der Waals surface area (Å²) in [5, 5.41) is 8.15. The summed E-state index contributed by atoms with van der Waals surface area (Å²) in [6, 6.07) is 15.5. The number of ether oxygens (including phenoxy) is 1. The van der Waals surface area contributed by atoms with Crippen LogP contribution < -0.4 is 4.74 Å². The van der Waals surface area contributed by atoms with E-state index in [4.69, 9.17) is 16.3 Å². The van der Waals surface area contributed by atoms with Crippen molar-refractivity contribution < 1.29 is 9.53 Å². The highest BCUT2D eigenvalue weighted by Gasteiger charge is 2.43. The van der Waals surface area contributed by atoms with Gasteiger partial charge in [0, 0.05) is 22.2 Å². The van der Waals surface area contributed by atoms with E-state index >= 15 is 0 Å². The van der Waals surface area contributed by atoms with E-state index in [1.807, 2.05) is 55.1 Å². The number of fused-ring (bicyclic) bond motifs is 1. The molecule has 1 unspecified atom stereocenters. The molecule has 4 rings (SSSR count). The Morgan fingerprint density at radius 1 is 1.10 bits per heavy atom. The fourth-order valence-corrected chi connectivity index (χ4v) is 4.27. The fraction of sp³-hybridized carbons (Fsp3) is 0.360. The smallest absolute Gasteiger partial charge is 0.273 e. The van der Waals surface area contributed by atoms with E-state index in [1.165, 1.54) is 12.8 Å². The lowest BCUT2D eigenvalue weighted by Crippen LogP contribution is -2.35. The maximum absolute atomic E-state index is 13.2. The highest BCUT2D eigenvalue weighted by molar-refractivity contribution is 6.30. The number of nitrogens with one attached hydrogen (secondary N) is 1. The molecule has 1 amide bonds. The zero-order chi connectivity index (χ0) is 22.0. The van der Waals surface area contributed by atoms with Gasteiger partial charge in [0.2, 0.25) is 0 Å². The number of hydrogen-bond donors (Lipinski definition) is 1. The number of benzene rings is 2. The Kier molecular flexibility index (Phi) is 6.33. The number of rotatable bonds is 8. The zero-order valence-electron chi connectivity index (χ0n) is 18.2. The van der Waals surface area contributed by atoms with Crippen LogP contribution in [-0.4, -0.2) is 33.7 Å². The van der Waals surface area contributed by atoms with Crippen LogP contribution in [0.5, 0.6) is 5.75 Å². The Morgan fingerprint density at radius 2 is 1.81 bits per heavy atom. The van der Waals surface area contributed by atoms with Crippen molar-refractivity contribution in [2.75, 3.05) is 6.61 Å². The first kappa shape index (κ1) is 21.4. The number of aromatic amines is 1. The Bertz CT molecular complexity index is 1040. The molecule has 1 aromatic heterocycles. The van der Waals surface area contributed by atoms with Crippen LogP contribution in [0, 0.1) is 0 Å². The van der Waals surface area contributed by atoms with Crippen LogP contribution in [0.2, 0.25) is 5.02 Å². The number of carbonyl (C=O) groups excluding carboxylic acids is 1. The van der Waals surface area contributed by atoms with Gasteiger partial charge in [0.05, 0.1) is 18.3 Å². The molecule has 162 valence electrons. The molecule has 0 fully saturated rings. The van der Waals surface area contributed by atoms with Gasteiger partial charge >= 0.3 is 0 Å². The van der Waals surface area contributed by atoms with Crippen molar-refractivity contribution in [1.82, 2.24) is 15.1 Å². The lowest BCUT2D eigenvalue weighted by molar-refractivity contribution is 0.0688. The van der Waals surface area contributed by atoms with Gasteiger partial charge in [-0.3, -0.25) is 9.89 Å². The van der Waals surface area contributed by atoms with Crippen LogP contribution in [-0.2, 0) is 0 Å². The third-order valence-corrected chi connectivity index (χ3v) is 5.94. The number of hydrogen-bond acceptors (Lipinski definition) is 3. The first-order chi connectivity index (χ1) is 15.0. The van der Waals surface area contributed by atoms with Crippen molar-refractivity contribution in [1.29, 1.82) is 0 Å². The molecule has 0 radical (unpaired) electrons. The first-order valence-corrected chi connectivity index (χ1v) is 11.3. The molecule has 2 aromatic carbocycles. The lowest BCUT2D eigenvalue weighted by atomic mass is 9.95. The summed E-state index contributed by atoms with van der Waals surface area (Å²) in [7, 11) is 0. The average molecular weight is 438 g/mol. The van der Waals surface area contributed by atoms with E-state index in [2.05, 4.69) is 29.3 Å². The summed E-state index contributed by atoms with van der Waals surface area (Å²) < 4.78 is 5.87. The maximum atomic E-state index is 13.2. The molecule has 2 heterocycles. The summed E-state index contributed by atoms with van der Waals surface area (Å²) in [6.07, 6.45) is 3.40. The van der Waals surface area contributed by atoms with Crippen molar-refractivity contribution in [3.05, 3.63) is 70.4 Å². The van der Waals surface area contributed by atoms with Gasteiger partial charge in [0.15, 0.2) is 0 Å². The SMILES string of the molecule is CCCCCOc1ccc(C2c3c(-c4ccc(Cl)cc4)n[nH]c3C(=O)N2C(C)C)cc1. The van der Waals surface area contributed by atoms with Crippen LogP contribution in [0.25, 0.3) is 11.3 Å². The third kappa shape index (κ3) is 4.19. The number of unbranched alkanes of at least 4 members (excludes halogenated alkanes) is 2. The van der Waals surface area contributed by atoms with Crippen LogP contribution in [0.4, 0.5) is 0 Å². The summed E-state index contributed by atoms with van der Waals surface area (Å²) in [6.45, 7) is 6.98. The van der Waals surface area contributed by atoms with E-state index < -0.39 is 0 Å². The molecule has 3 aromatic rings. The minimum Gasteiger partial charge on any atom is -0.494 e. The predicted molar refractivity (Wildman–Crippen MR) is 124 cm³/mol. The van der Waals surface area contributed by atoms with Gasteiger partial charge in [-0.1, -0.05) is 55.6 Å². The molecule has 0 bridgehead atoms. The number of halogens is 1. The molecule has 0 spiro atoms. The van der Waals surface area contributed by atoms with Gasteiger partial charge in [0.1, 0.15) is 11.4 Å². The molecular weight excluding hydrogens is 410 g/mol. The molecule has 5 nitrogen and oxygen atoms in total. The molecule has 6 heteroatoms. The van der Waals surface area contributed by atoms with Crippen LogP contribution in [0.3, 0.4) is 0 Å². The minimum atomic E-state index is -0.207. The van der Waals surface area contributed by atoms with E-state index in [9.17, 15) is 4.79 Å². The predicted octanol–water partition coefficient (Wildman–Crippen LogP) is 6.25. The van der Waals surface area contributed by atoms with E-state index in [-0.39, 0.29) is 18.0 Å². The van der Waals surface area contributed by atoms with Gasteiger partial charge in [-0.05, 0) is 50.1 Å². The number of aromatic nitrogens is 2. The molecule has 1 atom stereocenters. The second-order valence-corrected chi connectivity index (χ2v) is 8.64. The van der Waals surface area contributed by atoms with Crippen LogP contribution >= 0.6 is 11.6 Å². The quantitative estimate of drug-likeness (QED) is 0.423. The second-order valence-electron chi connectivity index (χ2n) is 8.20. The first-order valence-electron chi connectivity index (χ1n) is 10.9. The normalized spacial score (nSPS) is 15.6. The number of H-pyrrole nitrogens is 1. The van der Waals surface area contributed by atoms with Gasteiger partial charge in [0.25, 0.3) is 5.91 Å². The molecule has 0 saturated heterocycles. The highest BCUT2D eigenvalue weighted by Crippen LogP contribution is 2.44. The van der Waals surface area contributed by atoms with Gasteiger partial charge in [-0.25, -0.2) is 0 Å². The average Bonchev–Trinajstić information content (AvgIpc) is 3.31. The Balaban J connectivity index is 1.69. The van der Waals surface area contributed by atoms with E-state index in [0.717, 1.165) is 41.2 Å². The van der Waals surface area contributed by atoms with Gasteiger partial charge < -0.3 is 9.64 Å². The minimum absolute atomic E-state index is 0.0254. The topological polar surface area (TPSA) is 58.2 Å². The summed E-state index contributed by atoms with van der Waals surface area (Å²) in [5.74, 6) is 0.827. The summed E-state index contributed by atoms with van der Waals surface area (Å²) >= 11 is 6.07. The molecule has 0 aliphatic carbocycles. The van der Waals surface area contributed by atoms with Gasteiger partial charge in [-0.15, -0.1) is 0 Å². The van der Waals surface area contributed by atoms with Crippen LogP contribution in [0.15, 0.2) is 48.5 Å². The third-order valence-electron chi connectivity index (χ3n) is 5.69. The second kappa shape index (κ2) is 9.15. The standard InChI is InChI=1S/C25H28ClN3O2/c1-4-5-6-15-31-20-13-9-18(10-14-20)24-21-22(17-7-11-19(26)12-8-17)27-28-23(21)25(30)29(24)16(2)3/h7-14,16,24H,4-6,15H2,1-3H3,(H,27,28). The van der Waals surface area contributed by atoms with E-state index in [0.29, 0.717) is 10.7 Å². The number of carbonyl (C=O) groups is 1. The monoisotopic (exact) mass is 437 g/mol. The maximum Gasteiger partial charge on any atom is 0.273 e. The lowest BCUT2D eigenvalue weighted by Gasteiger charge is -2.30. The fourth-order valence-electron chi connectivity index (χ4n) is 4.14. The van der Waals surface area contributed by atoms with Gasteiger partial charge in [-0.2, -0.15) is 5.10 Å². The van der Waals surface area contributed by atoms with Crippen molar-refractivity contribution in [2.45, 2.75) is 52.1 Å². The van der Waals surface area contributed by atoms with Crippen molar-refractivity contribution in [3.63, 3.8) is 0 Å². The molecule has 1 aliphatic rings. The number of amides is 1. The van der Waals surface area contributed by atoms with Crippen molar-refractivity contribution in [2.24, 2.45) is 0 Å². The Hall–Kier alpha value is -2.79. The largest absolute Gasteiger partial charge is 0.494 e. The van der Waals surface area contributed by atoms with Crippen molar-refractivity contribution >= 4 is 17.5 Å². The van der Waals surface area contributed by atoms with Crippen molar-refractivity contribution in [3.8, 4) is 17.0 Å². The zero-order valence-corrected chi connectivity index (χ0v) is 18.9. The summed E-state index contributed by atoms with van der Waals surface area (Å²) in [5.41, 5.74) is 4.23. The van der Waals surface area contributed by atoms with Crippen LogP contribution in [0.1, 0.15) is 67.7 Å². The molecule has 1 N–H and O–H groups in total. The van der Waals surface area contributed by atoms with E-state index in [1.54, 1.807) is 0 Å². The highest BCUT2D eigenvalue weighted by atomic mass is 35.5. The molecule has 31 heavy (non-hydrogen) atoms.